The first-order chi connectivity index (χ1) is 14.8. The molecule has 0 fully saturated rings. The van der Waals surface area contributed by atoms with Gasteiger partial charge in [-0.25, -0.2) is 4.99 Å². The van der Waals surface area contributed by atoms with Crippen molar-refractivity contribution in [3.8, 4) is 16.3 Å². The zero-order valence-corrected chi connectivity index (χ0v) is 18.5. The van der Waals surface area contributed by atoms with Crippen LogP contribution in [-0.2, 0) is 0 Å². The van der Waals surface area contributed by atoms with Gasteiger partial charge in [0.05, 0.1) is 6.61 Å². The van der Waals surface area contributed by atoms with Crippen molar-refractivity contribution in [3.63, 3.8) is 0 Å². The van der Waals surface area contributed by atoms with Gasteiger partial charge in [0.15, 0.2) is 0 Å². The highest BCUT2D eigenvalue weighted by atomic mass is 32.1. The van der Waals surface area contributed by atoms with Crippen molar-refractivity contribution in [1.29, 1.82) is 0 Å². The van der Waals surface area contributed by atoms with E-state index < -0.39 is 0 Å². The van der Waals surface area contributed by atoms with Crippen LogP contribution in [0, 0.1) is 0 Å². The zero-order chi connectivity index (χ0) is 20.9. The van der Waals surface area contributed by atoms with Crippen LogP contribution in [0.15, 0.2) is 53.8 Å². The van der Waals surface area contributed by atoms with E-state index in [0.717, 1.165) is 34.9 Å². The van der Waals surface area contributed by atoms with Gasteiger partial charge in [0, 0.05) is 24.2 Å². The Bertz CT molecular complexity index is 878. The molecule has 0 spiro atoms. The molecule has 0 radical (unpaired) electrons. The van der Waals surface area contributed by atoms with Crippen molar-refractivity contribution in [3.05, 3.63) is 54.4 Å². The van der Waals surface area contributed by atoms with Crippen molar-refractivity contribution in [1.82, 2.24) is 15.2 Å². The topological polar surface area (TPSA) is 60.3 Å². The lowest BCUT2D eigenvalue weighted by atomic mass is 10.1. The van der Waals surface area contributed by atoms with Crippen molar-refractivity contribution >= 4 is 22.7 Å². The molecule has 30 heavy (non-hydrogen) atoms. The summed E-state index contributed by atoms with van der Waals surface area (Å²) < 4.78 is 5.85. The van der Waals surface area contributed by atoms with Crippen LogP contribution in [0.4, 0.5) is 5.13 Å². The number of hydrogen-bond donors (Lipinski definition) is 0. The van der Waals surface area contributed by atoms with Gasteiger partial charge in [-0.15, -0.1) is 10.2 Å². The van der Waals surface area contributed by atoms with Crippen LogP contribution in [0.25, 0.3) is 10.6 Å². The van der Waals surface area contributed by atoms with Gasteiger partial charge in [0.2, 0.25) is 5.13 Å². The third kappa shape index (κ3) is 7.67. The van der Waals surface area contributed by atoms with Gasteiger partial charge >= 0.3 is 0 Å². The Morgan fingerprint density at radius 2 is 1.57 bits per heavy atom. The fourth-order valence-corrected chi connectivity index (χ4v) is 3.78. The standard InChI is InChI=1S/C24H30N4OS/c1-2-3-4-5-6-7-8-9-18-29-22-12-10-20(11-13-22)19-26-24-28-27-23(30-24)21-14-16-25-17-15-21/h10-17,19H,2-9,18H2,1H3/b26-19+. The average Bonchev–Trinajstić information content (AvgIpc) is 3.27. The third-order valence-corrected chi connectivity index (χ3v) is 5.69. The lowest BCUT2D eigenvalue weighted by molar-refractivity contribution is 0.304. The molecule has 2 aromatic heterocycles. The molecule has 5 nitrogen and oxygen atoms in total. The van der Waals surface area contributed by atoms with Gasteiger partial charge in [0.1, 0.15) is 10.8 Å². The summed E-state index contributed by atoms with van der Waals surface area (Å²) in [7, 11) is 0. The first-order valence-corrected chi connectivity index (χ1v) is 11.7. The quantitative estimate of drug-likeness (QED) is 0.223. The number of aliphatic imine (C=N–C) groups is 1. The van der Waals surface area contributed by atoms with Crippen molar-refractivity contribution in [2.45, 2.75) is 58.3 Å². The molecule has 3 rings (SSSR count). The first kappa shape index (κ1) is 22.1. The van der Waals surface area contributed by atoms with E-state index >= 15 is 0 Å². The van der Waals surface area contributed by atoms with Crippen molar-refractivity contribution < 1.29 is 4.74 Å². The van der Waals surface area contributed by atoms with Crippen LogP contribution < -0.4 is 4.74 Å². The monoisotopic (exact) mass is 422 g/mol. The predicted molar refractivity (Wildman–Crippen MR) is 125 cm³/mol. The van der Waals surface area contributed by atoms with E-state index in [2.05, 4.69) is 27.1 Å². The lowest BCUT2D eigenvalue weighted by Crippen LogP contribution is -1.97. The molecule has 2 heterocycles. The Labute approximate surface area is 183 Å². The molecule has 0 unspecified atom stereocenters. The maximum Gasteiger partial charge on any atom is 0.231 e. The Balaban J connectivity index is 1.37. The van der Waals surface area contributed by atoms with E-state index in [1.165, 1.54) is 56.3 Å². The van der Waals surface area contributed by atoms with Gasteiger partial charge in [-0.1, -0.05) is 63.2 Å². The number of benzene rings is 1. The van der Waals surface area contributed by atoms with E-state index in [9.17, 15) is 0 Å². The number of unbranched alkanes of at least 4 members (excludes halogenated alkanes) is 7. The molecule has 0 amide bonds. The summed E-state index contributed by atoms with van der Waals surface area (Å²) in [5.74, 6) is 0.908. The molecule has 0 bridgehead atoms. The maximum atomic E-state index is 5.85. The maximum absolute atomic E-state index is 5.85. The van der Waals surface area contributed by atoms with Gasteiger partial charge in [0.25, 0.3) is 0 Å². The molecule has 0 saturated heterocycles. The Kier molecular flexibility index (Phi) is 9.47. The summed E-state index contributed by atoms with van der Waals surface area (Å²) >= 11 is 1.46. The summed E-state index contributed by atoms with van der Waals surface area (Å²) in [5.41, 5.74) is 2.01. The Morgan fingerprint density at radius 3 is 2.30 bits per heavy atom. The molecule has 158 valence electrons. The SMILES string of the molecule is CCCCCCCCCCOc1ccc(/C=N/c2nnc(-c3ccncc3)s2)cc1. The second-order valence-electron chi connectivity index (χ2n) is 7.28. The molecule has 0 atom stereocenters. The van der Waals surface area contributed by atoms with Crippen LogP contribution >= 0.6 is 11.3 Å². The molecular weight excluding hydrogens is 392 g/mol. The number of nitrogens with zero attached hydrogens (tertiary/aromatic N) is 4. The summed E-state index contributed by atoms with van der Waals surface area (Å²) in [6.45, 7) is 3.04. The third-order valence-electron chi connectivity index (χ3n) is 4.81. The fraction of sp³-hybridized carbons (Fsp3) is 0.417. The van der Waals surface area contributed by atoms with Crippen LogP contribution in [0.2, 0.25) is 0 Å². The van der Waals surface area contributed by atoms with Crippen molar-refractivity contribution in [2.75, 3.05) is 6.61 Å². The number of hydrogen-bond acceptors (Lipinski definition) is 6. The molecule has 3 aromatic rings. The molecule has 0 aliphatic heterocycles. The molecule has 0 aliphatic rings. The minimum atomic E-state index is 0.636. The molecule has 1 aromatic carbocycles. The second kappa shape index (κ2) is 12.9. The number of aromatic nitrogens is 3. The average molecular weight is 423 g/mol. The van der Waals surface area contributed by atoms with Gasteiger partial charge in [-0.3, -0.25) is 4.98 Å². The largest absolute Gasteiger partial charge is 0.494 e. The van der Waals surface area contributed by atoms with Crippen molar-refractivity contribution in [2.24, 2.45) is 4.99 Å². The number of pyridine rings is 1. The van der Waals surface area contributed by atoms with E-state index in [4.69, 9.17) is 4.74 Å². The predicted octanol–water partition coefficient (Wildman–Crippen LogP) is 6.87. The van der Waals surface area contributed by atoms with E-state index in [1.807, 2.05) is 36.4 Å². The van der Waals surface area contributed by atoms with Gasteiger partial charge in [-0.05, 0) is 48.4 Å². The highest BCUT2D eigenvalue weighted by molar-refractivity contribution is 7.18. The van der Waals surface area contributed by atoms with E-state index in [0.29, 0.717) is 5.13 Å². The van der Waals surface area contributed by atoms with Crippen LogP contribution in [0.5, 0.6) is 5.75 Å². The second-order valence-corrected chi connectivity index (χ2v) is 8.23. The summed E-state index contributed by atoms with van der Waals surface area (Å²) in [5, 5.41) is 9.81. The number of rotatable bonds is 13. The summed E-state index contributed by atoms with van der Waals surface area (Å²) in [4.78, 5) is 8.46. The minimum absolute atomic E-state index is 0.636. The zero-order valence-electron chi connectivity index (χ0n) is 17.7. The molecule has 0 aliphatic carbocycles. The smallest absolute Gasteiger partial charge is 0.231 e. The molecular formula is C24H30N4OS. The Morgan fingerprint density at radius 1 is 0.867 bits per heavy atom. The molecule has 0 saturated carbocycles. The normalized spacial score (nSPS) is 11.2. The summed E-state index contributed by atoms with van der Waals surface area (Å²) in [6, 6.07) is 11.8. The minimum Gasteiger partial charge on any atom is -0.494 e. The first-order valence-electron chi connectivity index (χ1n) is 10.9. The van der Waals surface area contributed by atoms with Gasteiger partial charge < -0.3 is 4.74 Å². The van der Waals surface area contributed by atoms with Crippen LogP contribution in [0.3, 0.4) is 0 Å². The van der Waals surface area contributed by atoms with Crippen LogP contribution in [0.1, 0.15) is 63.9 Å². The lowest BCUT2D eigenvalue weighted by Gasteiger charge is -2.06. The van der Waals surface area contributed by atoms with Gasteiger partial charge in [-0.2, -0.15) is 0 Å². The Hall–Kier alpha value is -2.60. The molecule has 0 N–H and O–H groups in total. The highest BCUT2D eigenvalue weighted by Gasteiger charge is 2.04. The fourth-order valence-electron chi connectivity index (χ4n) is 3.08. The van der Waals surface area contributed by atoms with E-state index in [-0.39, 0.29) is 0 Å². The van der Waals surface area contributed by atoms with E-state index in [1.54, 1.807) is 18.6 Å². The highest BCUT2D eigenvalue weighted by Crippen LogP contribution is 2.27. The van der Waals surface area contributed by atoms with Crippen LogP contribution in [-0.4, -0.2) is 28.0 Å². The molecule has 6 heteroatoms. The summed E-state index contributed by atoms with van der Waals surface area (Å²) in [6.07, 6.45) is 15.8. The number of ether oxygens (including phenoxy) is 1.